The van der Waals surface area contributed by atoms with Crippen molar-refractivity contribution in [3.8, 4) is 0 Å². The highest BCUT2D eigenvalue weighted by molar-refractivity contribution is 5.55. The minimum absolute atomic E-state index is 0.285. The zero-order chi connectivity index (χ0) is 10.1. The Morgan fingerprint density at radius 3 is 2.38 bits per heavy atom. The van der Waals surface area contributed by atoms with Crippen molar-refractivity contribution in [2.45, 2.75) is 40.7 Å². The van der Waals surface area contributed by atoms with Crippen LogP contribution in [0.5, 0.6) is 0 Å². The summed E-state index contributed by atoms with van der Waals surface area (Å²) in [6, 6.07) is 0.466. The van der Waals surface area contributed by atoms with Gasteiger partial charge in [0, 0.05) is 12.5 Å². The lowest BCUT2D eigenvalue weighted by Gasteiger charge is -2.38. The predicted octanol–water partition coefficient (Wildman–Crippen LogP) is 2.30. The molecule has 0 aromatic heterocycles. The summed E-state index contributed by atoms with van der Waals surface area (Å²) in [7, 11) is 0. The zero-order valence-corrected chi connectivity index (χ0v) is 9.46. The average Bonchev–Trinajstić information content (AvgIpc) is 2.03. The summed E-state index contributed by atoms with van der Waals surface area (Å²) in [5, 5.41) is 3.23. The molecule has 0 bridgehead atoms. The summed E-state index contributed by atoms with van der Waals surface area (Å²) in [6.07, 6.45) is 1.87. The van der Waals surface area contributed by atoms with E-state index in [0.717, 1.165) is 6.54 Å². The molecule has 0 aromatic rings. The molecule has 1 aliphatic rings. The molecule has 0 amide bonds. The fourth-order valence-electron chi connectivity index (χ4n) is 2.01. The van der Waals surface area contributed by atoms with Crippen LogP contribution in [0.1, 0.15) is 34.6 Å². The Morgan fingerprint density at radius 2 is 2.00 bits per heavy atom. The second-order valence-electron chi connectivity index (χ2n) is 5.41. The first-order valence-corrected chi connectivity index (χ1v) is 5.18. The SMILES string of the molecule is CC(C)C1CNC=NC1C(C)(C)C. The molecule has 1 N–H and O–H groups in total. The number of hydrogen-bond donors (Lipinski definition) is 1. The minimum atomic E-state index is 0.285. The summed E-state index contributed by atoms with van der Waals surface area (Å²) in [6.45, 7) is 12.5. The average molecular weight is 182 g/mol. The Bertz CT molecular complexity index is 189. The molecule has 2 nitrogen and oxygen atoms in total. The van der Waals surface area contributed by atoms with E-state index in [1.54, 1.807) is 0 Å². The Hall–Kier alpha value is -0.530. The molecule has 0 saturated carbocycles. The molecule has 76 valence electrons. The van der Waals surface area contributed by atoms with Crippen molar-refractivity contribution in [1.82, 2.24) is 5.32 Å². The second-order valence-corrected chi connectivity index (χ2v) is 5.41. The van der Waals surface area contributed by atoms with Crippen LogP contribution in [0.25, 0.3) is 0 Å². The lowest BCUT2D eigenvalue weighted by molar-refractivity contribution is 0.189. The maximum absolute atomic E-state index is 4.57. The highest BCUT2D eigenvalue weighted by atomic mass is 15.0. The van der Waals surface area contributed by atoms with Gasteiger partial charge in [0.2, 0.25) is 0 Å². The van der Waals surface area contributed by atoms with Gasteiger partial charge in [0.05, 0.1) is 12.4 Å². The molecule has 0 radical (unpaired) electrons. The third-order valence-corrected chi connectivity index (χ3v) is 2.83. The summed E-state index contributed by atoms with van der Waals surface area (Å²) < 4.78 is 0. The van der Waals surface area contributed by atoms with Gasteiger partial charge >= 0.3 is 0 Å². The van der Waals surface area contributed by atoms with E-state index in [9.17, 15) is 0 Å². The summed E-state index contributed by atoms with van der Waals surface area (Å²) in [4.78, 5) is 4.57. The normalized spacial score (nSPS) is 29.1. The quantitative estimate of drug-likeness (QED) is 0.661. The smallest absolute Gasteiger partial charge is 0.0827 e. The number of rotatable bonds is 1. The Morgan fingerprint density at radius 1 is 1.38 bits per heavy atom. The highest BCUT2D eigenvalue weighted by Crippen LogP contribution is 2.32. The molecule has 0 fully saturated rings. The van der Waals surface area contributed by atoms with Gasteiger partial charge in [-0.05, 0) is 11.3 Å². The molecule has 0 aliphatic carbocycles. The van der Waals surface area contributed by atoms with E-state index in [4.69, 9.17) is 0 Å². The van der Waals surface area contributed by atoms with Crippen molar-refractivity contribution in [2.75, 3.05) is 6.54 Å². The molecular weight excluding hydrogens is 160 g/mol. The molecular formula is C11H22N2. The van der Waals surface area contributed by atoms with Gasteiger partial charge in [-0.1, -0.05) is 34.6 Å². The lowest BCUT2D eigenvalue weighted by atomic mass is 9.74. The van der Waals surface area contributed by atoms with Crippen molar-refractivity contribution in [2.24, 2.45) is 22.2 Å². The maximum Gasteiger partial charge on any atom is 0.0827 e. The van der Waals surface area contributed by atoms with Gasteiger partial charge in [-0.25, -0.2) is 0 Å². The molecule has 2 heteroatoms. The van der Waals surface area contributed by atoms with E-state index in [1.807, 2.05) is 6.34 Å². The summed E-state index contributed by atoms with van der Waals surface area (Å²) in [5.74, 6) is 1.37. The van der Waals surface area contributed by atoms with Gasteiger partial charge < -0.3 is 5.32 Å². The van der Waals surface area contributed by atoms with Gasteiger partial charge in [0.1, 0.15) is 0 Å². The van der Waals surface area contributed by atoms with E-state index < -0.39 is 0 Å². The molecule has 2 unspecified atom stereocenters. The minimum Gasteiger partial charge on any atom is -0.376 e. The standard InChI is InChI=1S/C11H22N2/c1-8(2)9-6-12-7-13-10(9)11(3,4)5/h7-10H,6H2,1-5H3,(H,12,13). The van der Waals surface area contributed by atoms with Crippen molar-refractivity contribution < 1.29 is 0 Å². The van der Waals surface area contributed by atoms with Crippen molar-refractivity contribution in [3.05, 3.63) is 0 Å². The van der Waals surface area contributed by atoms with Crippen molar-refractivity contribution in [3.63, 3.8) is 0 Å². The molecule has 1 heterocycles. The van der Waals surface area contributed by atoms with Gasteiger partial charge in [-0.2, -0.15) is 0 Å². The van der Waals surface area contributed by atoms with Crippen molar-refractivity contribution in [1.29, 1.82) is 0 Å². The van der Waals surface area contributed by atoms with Crippen LogP contribution >= 0.6 is 0 Å². The Kier molecular flexibility index (Phi) is 2.99. The number of nitrogens with one attached hydrogen (secondary N) is 1. The fraction of sp³-hybridized carbons (Fsp3) is 0.909. The molecule has 0 saturated heterocycles. The topological polar surface area (TPSA) is 24.4 Å². The molecule has 13 heavy (non-hydrogen) atoms. The van der Waals surface area contributed by atoms with E-state index >= 15 is 0 Å². The monoisotopic (exact) mass is 182 g/mol. The Labute approximate surface area is 81.8 Å². The second kappa shape index (κ2) is 3.69. The van der Waals surface area contributed by atoms with Crippen LogP contribution in [0, 0.1) is 17.3 Å². The van der Waals surface area contributed by atoms with Crippen LogP contribution in [0.15, 0.2) is 4.99 Å². The first-order valence-electron chi connectivity index (χ1n) is 5.18. The highest BCUT2D eigenvalue weighted by Gasteiger charge is 2.34. The first kappa shape index (κ1) is 10.6. The van der Waals surface area contributed by atoms with Crippen LogP contribution in [-0.2, 0) is 0 Å². The summed E-state index contributed by atoms with van der Waals surface area (Å²) in [5.41, 5.74) is 0.285. The van der Waals surface area contributed by atoms with E-state index in [0.29, 0.717) is 17.9 Å². The van der Waals surface area contributed by atoms with E-state index in [-0.39, 0.29) is 5.41 Å². The number of nitrogens with zero attached hydrogens (tertiary/aromatic N) is 1. The van der Waals surface area contributed by atoms with Crippen LogP contribution < -0.4 is 5.32 Å². The van der Waals surface area contributed by atoms with Crippen LogP contribution in [0.4, 0.5) is 0 Å². The van der Waals surface area contributed by atoms with Gasteiger partial charge in [-0.3, -0.25) is 4.99 Å². The molecule has 1 rings (SSSR count). The zero-order valence-electron chi connectivity index (χ0n) is 9.46. The van der Waals surface area contributed by atoms with Crippen LogP contribution in [0.3, 0.4) is 0 Å². The van der Waals surface area contributed by atoms with Gasteiger partial charge in [0.25, 0.3) is 0 Å². The van der Waals surface area contributed by atoms with Crippen LogP contribution in [-0.4, -0.2) is 18.9 Å². The number of aliphatic imine (C=N–C) groups is 1. The summed E-state index contributed by atoms with van der Waals surface area (Å²) >= 11 is 0. The fourth-order valence-corrected chi connectivity index (χ4v) is 2.01. The largest absolute Gasteiger partial charge is 0.376 e. The molecule has 0 spiro atoms. The van der Waals surface area contributed by atoms with E-state index in [2.05, 4.69) is 44.9 Å². The predicted molar refractivity (Wildman–Crippen MR) is 58.1 cm³/mol. The van der Waals surface area contributed by atoms with E-state index in [1.165, 1.54) is 0 Å². The lowest BCUT2D eigenvalue weighted by Crippen LogP contribution is -2.44. The van der Waals surface area contributed by atoms with Crippen LogP contribution in [0.2, 0.25) is 0 Å². The van der Waals surface area contributed by atoms with Crippen molar-refractivity contribution >= 4 is 6.34 Å². The first-order chi connectivity index (χ1) is 5.93. The number of hydrogen-bond acceptors (Lipinski definition) is 2. The van der Waals surface area contributed by atoms with Gasteiger partial charge in [-0.15, -0.1) is 0 Å². The molecule has 0 aromatic carbocycles. The third kappa shape index (κ3) is 2.45. The van der Waals surface area contributed by atoms with Gasteiger partial charge in [0.15, 0.2) is 0 Å². The third-order valence-electron chi connectivity index (χ3n) is 2.83. The Balaban J connectivity index is 2.78. The molecule has 2 atom stereocenters. The molecule has 1 aliphatic heterocycles. The maximum atomic E-state index is 4.57.